The van der Waals surface area contributed by atoms with Gasteiger partial charge in [-0.05, 0) is 61.5 Å². The van der Waals surface area contributed by atoms with E-state index in [0.29, 0.717) is 31.1 Å². The van der Waals surface area contributed by atoms with Crippen molar-refractivity contribution in [3.63, 3.8) is 0 Å². The van der Waals surface area contributed by atoms with E-state index in [0.717, 1.165) is 15.8 Å². The quantitative estimate of drug-likeness (QED) is 0.539. The normalized spacial score (nSPS) is 15.0. The van der Waals surface area contributed by atoms with Crippen molar-refractivity contribution >= 4 is 31.9 Å². The van der Waals surface area contributed by atoms with Gasteiger partial charge in [-0.25, -0.2) is 8.42 Å². The lowest BCUT2D eigenvalue weighted by atomic mass is 10.1. The number of sulfonamides is 1. The smallest absolute Gasteiger partial charge is 0.271 e. The molecule has 168 valence electrons. The van der Waals surface area contributed by atoms with Gasteiger partial charge in [-0.2, -0.15) is 9.40 Å². The third-order valence-electron chi connectivity index (χ3n) is 5.25. The Bertz CT molecular complexity index is 1190. The predicted molar refractivity (Wildman–Crippen MR) is 124 cm³/mol. The van der Waals surface area contributed by atoms with E-state index >= 15 is 0 Å². The van der Waals surface area contributed by atoms with Gasteiger partial charge in [0, 0.05) is 36.2 Å². The van der Waals surface area contributed by atoms with Gasteiger partial charge in [0.2, 0.25) is 10.0 Å². The zero-order valence-corrected chi connectivity index (χ0v) is 19.9. The summed E-state index contributed by atoms with van der Waals surface area (Å²) in [5.74, 6) is 0.578. The number of nitrogens with zero attached hydrogens (tertiary/aromatic N) is 3. The van der Waals surface area contributed by atoms with E-state index in [9.17, 15) is 13.2 Å². The van der Waals surface area contributed by atoms with E-state index in [1.807, 2.05) is 31.2 Å². The first-order valence-corrected chi connectivity index (χ1v) is 12.5. The minimum absolute atomic E-state index is 0.199. The van der Waals surface area contributed by atoms with Crippen molar-refractivity contribution in [2.75, 3.05) is 32.8 Å². The van der Waals surface area contributed by atoms with Gasteiger partial charge in [-0.3, -0.25) is 9.89 Å². The Morgan fingerprint density at radius 2 is 1.72 bits per heavy atom. The number of rotatable bonds is 6. The third kappa shape index (κ3) is 4.72. The van der Waals surface area contributed by atoms with Crippen LogP contribution in [0.15, 0.2) is 64.0 Å². The number of aromatic amines is 1. The average Bonchev–Trinajstić information content (AvgIpc) is 3.30. The van der Waals surface area contributed by atoms with Crippen LogP contribution < -0.4 is 4.74 Å². The summed E-state index contributed by atoms with van der Waals surface area (Å²) in [6, 6.07) is 15.8. The number of hydrogen-bond acceptors (Lipinski definition) is 5. The fourth-order valence-electron chi connectivity index (χ4n) is 3.53. The lowest BCUT2D eigenvalue weighted by Crippen LogP contribution is -2.50. The van der Waals surface area contributed by atoms with Crippen LogP contribution >= 0.6 is 15.9 Å². The highest BCUT2D eigenvalue weighted by molar-refractivity contribution is 9.10. The van der Waals surface area contributed by atoms with E-state index in [1.165, 1.54) is 4.31 Å². The maximum absolute atomic E-state index is 12.9. The molecule has 32 heavy (non-hydrogen) atoms. The average molecular weight is 519 g/mol. The Labute approximate surface area is 195 Å². The minimum atomic E-state index is -3.59. The number of aromatic nitrogens is 2. The highest BCUT2D eigenvalue weighted by Crippen LogP contribution is 2.23. The second-order valence-electron chi connectivity index (χ2n) is 7.27. The van der Waals surface area contributed by atoms with Crippen molar-refractivity contribution in [1.29, 1.82) is 0 Å². The van der Waals surface area contributed by atoms with Crippen molar-refractivity contribution in [2.24, 2.45) is 0 Å². The van der Waals surface area contributed by atoms with Crippen molar-refractivity contribution in [1.82, 2.24) is 19.4 Å². The van der Waals surface area contributed by atoms with Crippen LogP contribution in [0.25, 0.3) is 11.3 Å². The molecule has 1 amide bonds. The fourth-order valence-corrected chi connectivity index (χ4v) is 5.21. The molecule has 4 rings (SSSR count). The lowest BCUT2D eigenvalue weighted by Gasteiger charge is -2.33. The second kappa shape index (κ2) is 9.43. The van der Waals surface area contributed by atoms with Crippen LogP contribution in [0.4, 0.5) is 0 Å². The standard InChI is InChI=1S/C22H23BrN4O4S/c1-2-31-18-7-3-16(4-8-18)20-15-21(25-24-20)22(28)26-11-13-27(14-12-26)32(29,30)19-9-5-17(23)6-10-19/h3-10,15H,2,11-14H2,1H3,(H,24,25). The monoisotopic (exact) mass is 518 g/mol. The van der Waals surface area contributed by atoms with Crippen LogP contribution in [0.3, 0.4) is 0 Å². The Morgan fingerprint density at radius 3 is 2.34 bits per heavy atom. The van der Waals surface area contributed by atoms with Crippen LogP contribution in [-0.4, -0.2) is 66.5 Å². The first kappa shape index (κ1) is 22.5. The molecule has 0 atom stereocenters. The molecule has 1 fully saturated rings. The molecule has 0 saturated carbocycles. The molecule has 0 radical (unpaired) electrons. The molecular formula is C22H23BrN4O4S. The molecule has 1 saturated heterocycles. The second-order valence-corrected chi connectivity index (χ2v) is 10.1. The summed E-state index contributed by atoms with van der Waals surface area (Å²) in [5.41, 5.74) is 1.90. The van der Waals surface area contributed by atoms with Gasteiger partial charge >= 0.3 is 0 Å². The molecule has 3 aromatic rings. The molecule has 1 aliphatic heterocycles. The number of hydrogen-bond donors (Lipinski definition) is 1. The molecule has 10 heteroatoms. The van der Waals surface area contributed by atoms with Crippen LogP contribution in [0.5, 0.6) is 5.75 Å². The van der Waals surface area contributed by atoms with Gasteiger partial charge in [0.05, 0.1) is 17.2 Å². The van der Waals surface area contributed by atoms with E-state index in [-0.39, 0.29) is 23.9 Å². The number of amides is 1. The minimum Gasteiger partial charge on any atom is -0.494 e. The molecule has 1 aliphatic rings. The highest BCUT2D eigenvalue weighted by atomic mass is 79.9. The van der Waals surface area contributed by atoms with E-state index in [2.05, 4.69) is 26.1 Å². The SMILES string of the molecule is CCOc1ccc(-c2cc(C(=O)N3CCN(S(=O)(=O)c4ccc(Br)cc4)CC3)[nH]n2)cc1. The van der Waals surface area contributed by atoms with Gasteiger partial charge in [-0.1, -0.05) is 15.9 Å². The maximum Gasteiger partial charge on any atom is 0.271 e. The first-order chi connectivity index (χ1) is 15.4. The molecule has 2 aromatic carbocycles. The molecule has 0 aliphatic carbocycles. The molecule has 8 nitrogen and oxygen atoms in total. The number of piperazine rings is 1. The van der Waals surface area contributed by atoms with Crippen molar-refractivity contribution in [3.8, 4) is 17.0 Å². The Hall–Kier alpha value is -2.69. The molecular weight excluding hydrogens is 496 g/mol. The summed E-state index contributed by atoms with van der Waals surface area (Å²) in [5, 5.41) is 7.06. The zero-order valence-electron chi connectivity index (χ0n) is 17.5. The third-order valence-corrected chi connectivity index (χ3v) is 7.69. The first-order valence-electron chi connectivity index (χ1n) is 10.2. The van der Waals surface area contributed by atoms with Crippen LogP contribution in [0, 0.1) is 0 Å². The lowest BCUT2D eigenvalue weighted by molar-refractivity contribution is 0.0692. The van der Waals surface area contributed by atoms with Gasteiger partial charge in [0.25, 0.3) is 5.91 Å². The largest absolute Gasteiger partial charge is 0.494 e. The topological polar surface area (TPSA) is 95.6 Å². The summed E-state index contributed by atoms with van der Waals surface area (Å²) in [4.78, 5) is 14.8. The summed E-state index contributed by atoms with van der Waals surface area (Å²) >= 11 is 3.31. The fraction of sp³-hybridized carbons (Fsp3) is 0.273. The van der Waals surface area contributed by atoms with E-state index in [1.54, 1.807) is 35.2 Å². The highest BCUT2D eigenvalue weighted by Gasteiger charge is 2.31. The number of benzene rings is 2. The molecule has 1 N–H and O–H groups in total. The van der Waals surface area contributed by atoms with Crippen molar-refractivity contribution in [3.05, 3.63) is 64.8 Å². The number of carbonyl (C=O) groups excluding carboxylic acids is 1. The number of halogens is 1. The number of nitrogens with one attached hydrogen (secondary N) is 1. The van der Waals surface area contributed by atoms with Crippen LogP contribution in [0.1, 0.15) is 17.4 Å². The van der Waals surface area contributed by atoms with Crippen LogP contribution in [-0.2, 0) is 10.0 Å². The van der Waals surface area contributed by atoms with Gasteiger partial charge in [0.1, 0.15) is 11.4 Å². The number of ether oxygens (including phenoxy) is 1. The summed E-state index contributed by atoms with van der Waals surface area (Å²) < 4.78 is 33.4. The Kier molecular flexibility index (Phi) is 6.63. The summed E-state index contributed by atoms with van der Waals surface area (Å²) in [7, 11) is -3.59. The Balaban J connectivity index is 1.40. The number of H-pyrrole nitrogens is 1. The molecule has 0 bridgehead atoms. The summed E-state index contributed by atoms with van der Waals surface area (Å²) in [6.45, 7) is 3.62. The van der Waals surface area contributed by atoms with Gasteiger partial charge < -0.3 is 9.64 Å². The van der Waals surface area contributed by atoms with Crippen LogP contribution in [0.2, 0.25) is 0 Å². The van der Waals surface area contributed by atoms with Gasteiger partial charge in [-0.15, -0.1) is 0 Å². The van der Waals surface area contributed by atoms with Gasteiger partial charge in [0.15, 0.2) is 0 Å². The maximum atomic E-state index is 12.9. The zero-order chi connectivity index (χ0) is 22.7. The van der Waals surface area contributed by atoms with E-state index < -0.39 is 10.0 Å². The molecule has 1 aromatic heterocycles. The molecule has 0 spiro atoms. The van der Waals surface area contributed by atoms with E-state index in [4.69, 9.17) is 4.74 Å². The summed E-state index contributed by atoms with van der Waals surface area (Å²) in [6.07, 6.45) is 0. The number of carbonyl (C=O) groups is 1. The molecule has 0 unspecified atom stereocenters. The Morgan fingerprint density at radius 1 is 1.06 bits per heavy atom. The predicted octanol–water partition coefficient (Wildman–Crippen LogP) is 3.38. The molecule has 2 heterocycles. The van der Waals surface area contributed by atoms with Crippen molar-refractivity contribution < 1.29 is 17.9 Å². The van der Waals surface area contributed by atoms with Crippen molar-refractivity contribution in [2.45, 2.75) is 11.8 Å².